The van der Waals surface area contributed by atoms with Gasteiger partial charge in [-0.3, -0.25) is 0 Å². The first-order chi connectivity index (χ1) is 9.65. The van der Waals surface area contributed by atoms with Crippen molar-refractivity contribution < 1.29 is 44.7 Å². The Hall–Kier alpha value is -0.797. The van der Waals surface area contributed by atoms with Crippen LogP contribution < -0.4 is 0 Å². The van der Waals surface area contributed by atoms with Crippen LogP contribution in [0.25, 0.3) is 0 Å². The van der Waals surface area contributed by atoms with Gasteiger partial charge in [0.2, 0.25) is 0 Å². The summed E-state index contributed by atoms with van der Waals surface area (Å²) in [6.07, 6.45) is 0. The van der Waals surface area contributed by atoms with E-state index in [1.54, 1.807) is 0 Å². The molecule has 0 fully saturated rings. The summed E-state index contributed by atoms with van der Waals surface area (Å²) >= 11 is 0. The van der Waals surface area contributed by atoms with Gasteiger partial charge in [0.1, 0.15) is 0 Å². The first-order valence-corrected chi connectivity index (χ1v) is 8.47. The molecule has 0 aromatic heterocycles. The molecule has 23 heavy (non-hydrogen) atoms. The monoisotopic (exact) mass is 446 g/mol. The first-order valence-electron chi connectivity index (χ1n) is 6.45. The average Bonchev–Trinajstić information content (AvgIpc) is 2.83. The van der Waals surface area contributed by atoms with E-state index in [1.807, 2.05) is 30.3 Å². The van der Waals surface area contributed by atoms with E-state index in [0.717, 1.165) is 0 Å². The Kier molecular flexibility index (Phi) is 8.87. The smallest absolute Gasteiger partial charge is 0.214 e. The zero-order valence-electron chi connectivity index (χ0n) is 12.8. The maximum atomic E-state index is 9.87. The fraction of sp³-hybridized carbons (Fsp3) is 0.267. The summed E-state index contributed by atoms with van der Waals surface area (Å²) < 4.78 is 59.2. The average molecular weight is 445 g/mol. The summed E-state index contributed by atoms with van der Waals surface area (Å²) in [5.41, 5.74) is 2.76. The molecule has 0 aliphatic carbocycles. The molecule has 2 rings (SSSR count). The van der Waals surface area contributed by atoms with Crippen molar-refractivity contribution in [2.75, 3.05) is 0 Å². The molecule has 0 aliphatic heterocycles. The van der Waals surface area contributed by atoms with Gasteiger partial charge in [-0.05, 0) is 18.4 Å². The summed E-state index contributed by atoms with van der Waals surface area (Å²) in [4.78, 5) is 0. The zero-order chi connectivity index (χ0) is 17.5. The summed E-state index contributed by atoms with van der Waals surface area (Å²) in [5, 5.41) is 0. The Balaban J connectivity index is 0. The van der Waals surface area contributed by atoms with Crippen molar-refractivity contribution >= 4 is 7.81 Å². The van der Waals surface area contributed by atoms with Crippen LogP contribution in [0.4, 0.5) is 25.2 Å². The Labute approximate surface area is 145 Å². The van der Waals surface area contributed by atoms with Gasteiger partial charge in [0.15, 0.2) is 0 Å². The third-order valence-electron chi connectivity index (χ3n) is 2.30. The minimum absolute atomic E-state index is 0. The standard InChI is InChI=1S/C10H14.C5H5.F6P.Ru/c1-8(2)10-6-4-9(3)5-7-10;1-2-4-5-3-1;1-7(2,3,4,5)6;/h4-8H,1-3H3;1-5H;;/q;2*-1;+2. The van der Waals surface area contributed by atoms with E-state index in [4.69, 9.17) is 0 Å². The van der Waals surface area contributed by atoms with E-state index in [1.165, 1.54) is 11.1 Å². The summed E-state index contributed by atoms with van der Waals surface area (Å²) in [6, 6.07) is 18.7. The first kappa shape index (κ1) is 24.5. The van der Waals surface area contributed by atoms with Crippen LogP contribution in [0.3, 0.4) is 0 Å². The van der Waals surface area contributed by atoms with E-state index in [9.17, 15) is 25.2 Å². The normalized spacial score (nSPS) is 13.3. The molecule has 0 saturated carbocycles. The SMILES string of the molecule is Cc1ccc(C(C)C)cc1.F[P-](F)(F)(F)(F)F.[Ru+2].c1cc[cH-]c1. The second-order valence-electron chi connectivity index (χ2n) is 4.99. The topological polar surface area (TPSA) is 0 Å². The molecule has 0 amide bonds. The van der Waals surface area contributed by atoms with Crippen molar-refractivity contribution in [1.29, 1.82) is 0 Å². The van der Waals surface area contributed by atoms with E-state index >= 15 is 0 Å². The Morgan fingerprint density at radius 3 is 1.39 bits per heavy atom. The van der Waals surface area contributed by atoms with Gasteiger partial charge in [0, 0.05) is 0 Å². The zero-order valence-corrected chi connectivity index (χ0v) is 15.5. The van der Waals surface area contributed by atoms with Gasteiger partial charge in [-0.2, -0.15) is 18.2 Å². The molecule has 0 nitrogen and oxygen atoms in total. The molecule has 2 aromatic rings. The van der Waals surface area contributed by atoms with Gasteiger partial charge in [0.05, 0.1) is 0 Å². The van der Waals surface area contributed by atoms with Crippen LogP contribution in [0.15, 0.2) is 54.6 Å². The Morgan fingerprint density at radius 1 is 0.826 bits per heavy atom. The van der Waals surface area contributed by atoms with Crippen molar-refractivity contribution in [3.8, 4) is 0 Å². The number of aryl methyl sites for hydroxylation is 1. The van der Waals surface area contributed by atoms with Gasteiger partial charge < -0.3 is 0 Å². The molecule has 0 bridgehead atoms. The van der Waals surface area contributed by atoms with Gasteiger partial charge >= 0.3 is 52.5 Å². The molecule has 2 aromatic carbocycles. The molecule has 8 heteroatoms. The van der Waals surface area contributed by atoms with Crippen molar-refractivity contribution in [2.24, 2.45) is 0 Å². The van der Waals surface area contributed by atoms with Crippen LogP contribution in [0, 0.1) is 6.92 Å². The van der Waals surface area contributed by atoms with Crippen molar-refractivity contribution in [2.45, 2.75) is 26.7 Å². The van der Waals surface area contributed by atoms with Crippen molar-refractivity contribution in [1.82, 2.24) is 0 Å². The van der Waals surface area contributed by atoms with Crippen LogP contribution in [0.2, 0.25) is 0 Å². The summed E-state index contributed by atoms with van der Waals surface area (Å²) in [7, 11) is -10.7. The van der Waals surface area contributed by atoms with E-state index in [2.05, 4.69) is 45.0 Å². The van der Waals surface area contributed by atoms with E-state index < -0.39 is 7.81 Å². The number of halogens is 6. The second-order valence-corrected chi connectivity index (χ2v) is 6.90. The minimum atomic E-state index is -10.7. The minimum Gasteiger partial charge on any atom is -0.214 e. The Bertz CT molecular complexity index is 500. The van der Waals surface area contributed by atoms with Crippen molar-refractivity contribution in [3.63, 3.8) is 0 Å². The largest absolute Gasteiger partial charge is 2.00 e. The second kappa shape index (κ2) is 8.35. The van der Waals surface area contributed by atoms with E-state index in [-0.39, 0.29) is 19.5 Å². The van der Waals surface area contributed by atoms with Crippen LogP contribution in [0.1, 0.15) is 30.9 Å². The van der Waals surface area contributed by atoms with Crippen LogP contribution in [0.5, 0.6) is 0 Å². The molecule has 0 aliphatic rings. The molecule has 0 heterocycles. The predicted molar refractivity (Wildman–Crippen MR) is 80.9 cm³/mol. The summed E-state index contributed by atoms with van der Waals surface area (Å²) in [6.45, 7) is 6.54. The molecule has 134 valence electrons. The molecular formula is C15H19F6PRu. The van der Waals surface area contributed by atoms with Gasteiger partial charge in [-0.25, -0.2) is 12.1 Å². The molecule has 0 unspecified atom stereocenters. The predicted octanol–water partition coefficient (Wildman–Crippen LogP) is 7.90. The molecule has 0 N–H and O–H groups in total. The Morgan fingerprint density at radius 2 is 1.17 bits per heavy atom. The van der Waals surface area contributed by atoms with Crippen LogP contribution in [-0.4, -0.2) is 0 Å². The fourth-order valence-electron chi connectivity index (χ4n) is 1.27. The molecule has 0 atom stereocenters. The number of benzene rings is 1. The van der Waals surface area contributed by atoms with Gasteiger partial charge in [0.25, 0.3) is 0 Å². The van der Waals surface area contributed by atoms with Crippen LogP contribution >= 0.6 is 7.81 Å². The molecule has 0 spiro atoms. The number of hydrogen-bond donors (Lipinski definition) is 0. The summed E-state index contributed by atoms with van der Waals surface area (Å²) in [5.74, 6) is 0.653. The van der Waals surface area contributed by atoms with Crippen molar-refractivity contribution in [3.05, 3.63) is 65.7 Å². The maximum Gasteiger partial charge on any atom is 2.00 e. The maximum absolute atomic E-state index is 10.7. The van der Waals surface area contributed by atoms with Gasteiger partial charge in [-0.15, -0.1) is 0 Å². The fourth-order valence-corrected chi connectivity index (χ4v) is 1.27. The molecular weight excluding hydrogens is 426 g/mol. The number of rotatable bonds is 1. The molecule has 0 saturated heterocycles. The van der Waals surface area contributed by atoms with Crippen LogP contribution in [-0.2, 0) is 19.5 Å². The number of hydrogen-bond acceptors (Lipinski definition) is 0. The third kappa shape index (κ3) is 23.6. The quantitative estimate of drug-likeness (QED) is 0.181. The van der Waals surface area contributed by atoms with E-state index in [0.29, 0.717) is 5.92 Å². The van der Waals surface area contributed by atoms with Gasteiger partial charge in [-0.1, -0.05) is 43.7 Å². The molecule has 0 radical (unpaired) electrons. The third-order valence-corrected chi connectivity index (χ3v) is 2.30.